The molecule has 5 nitrogen and oxygen atoms in total. The Labute approximate surface area is 140 Å². The average Bonchev–Trinajstić information content (AvgIpc) is 2.56. The Morgan fingerprint density at radius 2 is 1.72 bits per heavy atom. The van der Waals surface area contributed by atoms with Crippen LogP contribution in [-0.2, 0) is 6.54 Å². The summed E-state index contributed by atoms with van der Waals surface area (Å²) in [7, 11) is 0. The van der Waals surface area contributed by atoms with Crippen molar-refractivity contribution in [2.24, 2.45) is 0 Å². The fraction of sp³-hybridized carbons (Fsp3) is 0.0556. The summed E-state index contributed by atoms with van der Waals surface area (Å²) in [5.74, 6) is -2.64. The molecular formula is C18H12F2N2O3. The van der Waals surface area contributed by atoms with Crippen molar-refractivity contribution in [1.82, 2.24) is 9.78 Å². The molecular weight excluding hydrogens is 330 g/mol. The summed E-state index contributed by atoms with van der Waals surface area (Å²) in [6, 6.07) is 11.7. The van der Waals surface area contributed by atoms with Crippen LogP contribution in [0.2, 0.25) is 0 Å². The Hall–Kier alpha value is -3.35. The number of carbonyl (C=O) groups is 1. The Morgan fingerprint density at radius 3 is 2.40 bits per heavy atom. The first-order valence-corrected chi connectivity index (χ1v) is 7.30. The highest BCUT2D eigenvalue weighted by Gasteiger charge is 2.12. The molecule has 0 amide bonds. The van der Waals surface area contributed by atoms with Gasteiger partial charge in [-0.2, -0.15) is 5.10 Å². The van der Waals surface area contributed by atoms with E-state index in [1.807, 2.05) is 0 Å². The van der Waals surface area contributed by atoms with Crippen molar-refractivity contribution in [3.05, 3.63) is 87.7 Å². The molecule has 3 aromatic rings. The monoisotopic (exact) mass is 342 g/mol. The van der Waals surface area contributed by atoms with Gasteiger partial charge in [-0.3, -0.25) is 4.79 Å². The number of carboxylic acid groups (broad SMARTS) is 1. The number of carboxylic acids is 1. The van der Waals surface area contributed by atoms with Crippen LogP contribution in [0.1, 0.15) is 15.9 Å². The molecule has 0 saturated heterocycles. The van der Waals surface area contributed by atoms with Crippen LogP contribution >= 0.6 is 0 Å². The van der Waals surface area contributed by atoms with E-state index in [1.54, 1.807) is 18.2 Å². The predicted molar refractivity (Wildman–Crippen MR) is 86.4 cm³/mol. The van der Waals surface area contributed by atoms with Crippen molar-refractivity contribution < 1.29 is 18.7 Å². The number of aromatic carboxylic acids is 1. The van der Waals surface area contributed by atoms with E-state index in [0.29, 0.717) is 5.56 Å². The first-order chi connectivity index (χ1) is 11.9. The lowest BCUT2D eigenvalue weighted by Crippen LogP contribution is -2.23. The third-order valence-corrected chi connectivity index (χ3v) is 3.59. The second-order valence-electron chi connectivity index (χ2n) is 5.33. The largest absolute Gasteiger partial charge is 0.478 e. The van der Waals surface area contributed by atoms with Crippen molar-refractivity contribution in [2.45, 2.75) is 6.54 Å². The molecule has 126 valence electrons. The van der Waals surface area contributed by atoms with Crippen LogP contribution in [0.3, 0.4) is 0 Å². The maximum absolute atomic E-state index is 13.4. The Kier molecular flexibility index (Phi) is 4.38. The van der Waals surface area contributed by atoms with Crippen LogP contribution < -0.4 is 5.56 Å². The molecule has 0 aliphatic heterocycles. The summed E-state index contributed by atoms with van der Waals surface area (Å²) in [6.45, 7) is -0.0764. The van der Waals surface area contributed by atoms with Crippen LogP contribution in [0.15, 0.2) is 59.4 Å². The van der Waals surface area contributed by atoms with E-state index in [4.69, 9.17) is 0 Å². The molecule has 0 spiro atoms. The van der Waals surface area contributed by atoms with Gasteiger partial charge in [0.05, 0.1) is 17.8 Å². The molecule has 1 N–H and O–H groups in total. The van der Waals surface area contributed by atoms with Crippen molar-refractivity contribution in [1.29, 1.82) is 0 Å². The van der Waals surface area contributed by atoms with Crippen LogP contribution in [-0.4, -0.2) is 20.9 Å². The molecule has 1 aromatic heterocycles. The lowest BCUT2D eigenvalue weighted by Gasteiger charge is -2.09. The number of aromatic nitrogens is 2. The van der Waals surface area contributed by atoms with E-state index in [9.17, 15) is 23.5 Å². The molecule has 0 aliphatic carbocycles. The number of hydrogen-bond acceptors (Lipinski definition) is 3. The summed E-state index contributed by atoms with van der Waals surface area (Å²) >= 11 is 0. The molecule has 7 heteroatoms. The van der Waals surface area contributed by atoms with E-state index in [0.717, 1.165) is 22.9 Å². The van der Waals surface area contributed by atoms with Gasteiger partial charge in [0.25, 0.3) is 5.56 Å². The quantitative estimate of drug-likeness (QED) is 0.791. The molecule has 0 aliphatic rings. The highest BCUT2D eigenvalue weighted by molar-refractivity contribution is 5.89. The molecule has 25 heavy (non-hydrogen) atoms. The average molecular weight is 342 g/mol. The fourth-order valence-electron chi connectivity index (χ4n) is 2.45. The third kappa shape index (κ3) is 3.60. The first-order valence-electron chi connectivity index (χ1n) is 7.30. The summed E-state index contributed by atoms with van der Waals surface area (Å²) in [4.78, 5) is 23.3. The van der Waals surface area contributed by atoms with Crippen molar-refractivity contribution in [2.75, 3.05) is 0 Å². The SMILES string of the molecule is O=C(O)c1ccccc1Cn1nc(-c2cc(F)cc(F)c2)ccc1=O. The summed E-state index contributed by atoms with van der Waals surface area (Å²) in [5.41, 5.74) is 0.370. The van der Waals surface area contributed by atoms with Crippen molar-refractivity contribution >= 4 is 5.97 Å². The lowest BCUT2D eigenvalue weighted by atomic mass is 10.1. The minimum absolute atomic E-state index is 0.0541. The Morgan fingerprint density at radius 1 is 1.04 bits per heavy atom. The van der Waals surface area contributed by atoms with Crippen LogP contribution in [0, 0.1) is 11.6 Å². The zero-order valence-corrected chi connectivity index (χ0v) is 12.8. The van der Waals surface area contributed by atoms with Gasteiger partial charge in [0.15, 0.2) is 0 Å². The summed E-state index contributed by atoms with van der Waals surface area (Å²) in [6.07, 6.45) is 0. The van der Waals surface area contributed by atoms with Gasteiger partial charge in [0, 0.05) is 17.7 Å². The second-order valence-corrected chi connectivity index (χ2v) is 5.33. The summed E-state index contributed by atoms with van der Waals surface area (Å²) in [5, 5.41) is 13.3. The van der Waals surface area contributed by atoms with E-state index in [2.05, 4.69) is 5.10 Å². The van der Waals surface area contributed by atoms with E-state index < -0.39 is 23.2 Å². The zero-order chi connectivity index (χ0) is 18.0. The van der Waals surface area contributed by atoms with E-state index in [-0.39, 0.29) is 23.4 Å². The van der Waals surface area contributed by atoms with Gasteiger partial charge in [-0.15, -0.1) is 0 Å². The van der Waals surface area contributed by atoms with Gasteiger partial charge in [-0.1, -0.05) is 18.2 Å². The summed E-state index contributed by atoms with van der Waals surface area (Å²) < 4.78 is 27.8. The van der Waals surface area contributed by atoms with Crippen LogP contribution in [0.25, 0.3) is 11.3 Å². The number of hydrogen-bond donors (Lipinski definition) is 1. The van der Waals surface area contributed by atoms with Gasteiger partial charge >= 0.3 is 5.97 Å². The zero-order valence-electron chi connectivity index (χ0n) is 12.8. The fourth-order valence-corrected chi connectivity index (χ4v) is 2.45. The number of nitrogens with zero attached hydrogens (tertiary/aromatic N) is 2. The Balaban J connectivity index is 2.04. The standard InChI is InChI=1S/C18H12F2N2O3/c19-13-7-12(8-14(20)9-13)16-5-6-17(23)22(21-16)10-11-3-1-2-4-15(11)18(24)25/h1-9H,10H2,(H,24,25). The normalized spacial score (nSPS) is 10.6. The number of rotatable bonds is 4. The van der Waals surface area contributed by atoms with Gasteiger partial charge < -0.3 is 5.11 Å². The molecule has 0 fully saturated rings. The van der Waals surface area contributed by atoms with Gasteiger partial charge in [-0.25, -0.2) is 18.3 Å². The minimum atomic E-state index is -1.12. The highest BCUT2D eigenvalue weighted by Crippen LogP contribution is 2.19. The van der Waals surface area contributed by atoms with Crippen LogP contribution in [0.4, 0.5) is 8.78 Å². The maximum atomic E-state index is 13.4. The molecule has 3 rings (SSSR count). The molecule has 2 aromatic carbocycles. The molecule has 0 radical (unpaired) electrons. The smallest absolute Gasteiger partial charge is 0.336 e. The van der Waals surface area contributed by atoms with E-state index in [1.165, 1.54) is 18.2 Å². The van der Waals surface area contributed by atoms with Crippen molar-refractivity contribution in [3.63, 3.8) is 0 Å². The number of benzene rings is 2. The van der Waals surface area contributed by atoms with Gasteiger partial charge in [0.1, 0.15) is 11.6 Å². The van der Waals surface area contributed by atoms with Gasteiger partial charge in [-0.05, 0) is 29.8 Å². The lowest BCUT2D eigenvalue weighted by molar-refractivity contribution is 0.0695. The molecule has 0 atom stereocenters. The first kappa shape index (κ1) is 16.5. The molecule has 0 unspecified atom stereocenters. The molecule has 1 heterocycles. The second kappa shape index (κ2) is 6.64. The molecule has 0 bridgehead atoms. The van der Waals surface area contributed by atoms with Gasteiger partial charge in [0.2, 0.25) is 0 Å². The van der Waals surface area contributed by atoms with E-state index >= 15 is 0 Å². The topological polar surface area (TPSA) is 72.2 Å². The van der Waals surface area contributed by atoms with Crippen molar-refractivity contribution in [3.8, 4) is 11.3 Å². The van der Waals surface area contributed by atoms with Crippen LogP contribution in [0.5, 0.6) is 0 Å². The minimum Gasteiger partial charge on any atom is -0.478 e. The third-order valence-electron chi connectivity index (χ3n) is 3.59. The maximum Gasteiger partial charge on any atom is 0.336 e. The predicted octanol–water partition coefficient (Wildman–Crippen LogP) is 2.94. The number of halogens is 2. The highest BCUT2D eigenvalue weighted by atomic mass is 19.1. The Bertz CT molecular complexity index is 995. The molecule has 0 saturated carbocycles.